The fourth-order valence-electron chi connectivity index (χ4n) is 4.91. The smallest absolute Gasteiger partial charge is 0.309 e. The van der Waals surface area contributed by atoms with Gasteiger partial charge in [-0.1, -0.05) is 45.4 Å². The number of imidazole rings is 1. The second-order valence-electron chi connectivity index (χ2n) is 10.8. The van der Waals surface area contributed by atoms with Crippen molar-refractivity contribution in [3.63, 3.8) is 0 Å². The quantitative estimate of drug-likeness (QED) is 0.451. The van der Waals surface area contributed by atoms with E-state index in [1.807, 2.05) is 36.7 Å². The number of fused-ring (bicyclic) bond motifs is 1. The van der Waals surface area contributed by atoms with Crippen LogP contribution in [0.1, 0.15) is 78.4 Å². The summed E-state index contributed by atoms with van der Waals surface area (Å²) in [7, 11) is 1.93. The van der Waals surface area contributed by atoms with Gasteiger partial charge in [-0.05, 0) is 49.8 Å². The third kappa shape index (κ3) is 6.19. The van der Waals surface area contributed by atoms with E-state index in [2.05, 4.69) is 18.0 Å². The Kier molecular flexibility index (Phi) is 8.54. The largest absolute Gasteiger partial charge is 0.457 e. The van der Waals surface area contributed by atoms with Crippen LogP contribution in [0.2, 0.25) is 0 Å². The maximum absolute atomic E-state index is 13.2. The molecule has 35 heavy (non-hydrogen) atoms. The minimum absolute atomic E-state index is 0.0505. The molecular formula is C28H40N2O5. The second-order valence-corrected chi connectivity index (χ2v) is 10.8. The number of ether oxygens (including phenoxy) is 1. The summed E-state index contributed by atoms with van der Waals surface area (Å²) < 4.78 is 7.80. The molecule has 1 aliphatic heterocycles. The van der Waals surface area contributed by atoms with Crippen LogP contribution >= 0.6 is 0 Å². The van der Waals surface area contributed by atoms with Crippen molar-refractivity contribution in [2.75, 3.05) is 0 Å². The number of cyclic esters (lactones) is 1. The van der Waals surface area contributed by atoms with Gasteiger partial charge in [0.25, 0.3) is 0 Å². The molecule has 2 aromatic rings. The topological polar surface area (TPSA) is 102 Å². The standard InChI is InChI=1S/C28H40N2O5/c1-17-8-7-9-18(2)26(33)19(3)27(34)28(4,5)24(31)15-25(32)35-23(13-10-17)20-11-12-22-21(14-20)29-16-30(22)6/h10-12,14,16,18-19,23-24,26,31,33H,7-9,13,15H2,1-6H3/t18?,19?,23-,24?,26-/m0/s1. The number of carbonyl (C=O) groups excluding carboxylic acids is 2. The number of hydrogen-bond acceptors (Lipinski definition) is 6. The van der Waals surface area contributed by atoms with E-state index in [1.165, 1.54) is 5.57 Å². The summed E-state index contributed by atoms with van der Waals surface area (Å²) in [6.45, 7) is 8.98. The van der Waals surface area contributed by atoms with Crippen LogP contribution in [0.25, 0.3) is 11.0 Å². The monoisotopic (exact) mass is 484 g/mol. The zero-order chi connectivity index (χ0) is 25.9. The van der Waals surface area contributed by atoms with E-state index in [0.29, 0.717) is 6.42 Å². The number of aliphatic hydroxyl groups is 2. The van der Waals surface area contributed by atoms with E-state index in [9.17, 15) is 19.8 Å². The van der Waals surface area contributed by atoms with Gasteiger partial charge in [0.1, 0.15) is 11.9 Å². The molecule has 1 aromatic heterocycles. The number of aryl methyl sites for hydroxylation is 1. The van der Waals surface area contributed by atoms with E-state index in [4.69, 9.17) is 4.74 Å². The van der Waals surface area contributed by atoms with E-state index >= 15 is 0 Å². The molecule has 0 aliphatic carbocycles. The number of benzene rings is 1. The summed E-state index contributed by atoms with van der Waals surface area (Å²) in [5.41, 5.74) is 2.63. The molecule has 1 aromatic carbocycles. The fraction of sp³-hybridized carbons (Fsp3) is 0.607. The predicted octanol–water partition coefficient (Wildman–Crippen LogP) is 4.66. The number of carbonyl (C=O) groups is 2. The van der Waals surface area contributed by atoms with Crippen LogP contribution in [0.4, 0.5) is 0 Å². The highest BCUT2D eigenvalue weighted by Gasteiger charge is 2.42. The van der Waals surface area contributed by atoms with Crippen molar-refractivity contribution >= 4 is 22.8 Å². The molecule has 5 atom stereocenters. The van der Waals surface area contributed by atoms with Crippen LogP contribution in [-0.2, 0) is 21.4 Å². The van der Waals surface area contributed by atoms with E-state index in [0.717, 1.165) is 35.9 Å². The summed E-state index contributed by atoms with van der Waals surface area (Å²) in [5.74, 6) is -1.51. The van der Waals surface area contributed by atoms with Crippen LogP contribution in [0.3, 0.4) is 0 Å². The van der Waals surface area contributed by atoms with Crippen LogP contribution in [0.15, 0.2) is 36.2 Å². The highest BCUT2D eigenvalue weighted by molar-refractivity contribution is 5.88. The van der Waals surface area contributed by atoms with Crippen molar-refractivity contribution < 1.29 is 24.5 Å². The minimum Gasteiger partial charge on any atom is -0.457 e. The lowest BCUT2D eigenvalue weighted by Crippen LogP contribution is -2.45. The molecule has 3 unspecified atom stereocenters. The van der Waals surface area contributed by atoms with Gasteiger partial charge in [0.05, 0.1) is 41.4 Å². The third-order valence-electron chi connectivity index (χ3n) is 7.64. The van der Waals surface area contributed by atoms with E-state index in [1.54, 1.807) is 27.1 Å². The Morgan fingerprint density at radius 2 is 1.89 bits per heavy atom. The Bertz CT molecular complexity index is 1090. The van der Waals surface area contributed by atoms with Crippen molar-refractivity contribution in [3.8, 4) is 0 Å². The van der Waals surface area contributed by atoms with Crippen molar-refractivity contribution in [2.45, 2.75) is 85.0 Å². The Morgan fingerprint density at radius 3 is 2.60 bits per heavy atom. The molecule has 0 spiro atoms. The summed E-state index contributed by atoms with van der Waals surface area (Å²) in [6, 6.07) is 5.84. The molecule has 0 fully saturated rings. The summed E-state index contributed by atoms with van der Waals surface area (Å²) in [5, 5.41) is 21.7. The number of aromatic nitrogens is 2. The fourth-order valence-corrected chi connectivity index (χ4v) is 4.91. The van der Waals surface area contributed by atoms with Gasteiger partial charge in [-0.2, -0.15) is 0 Å². The molecule has 0 bridgehead atoms. The molecular weight excluding hydrogens is 444 g/mol. The summed E-state index contributed by atoms with van der Waals surface area (Å²) >= 11 is 0. The Hall–Kier alpha value is -2.51. The SMILES string of the molecule is CC1=CC[C@@H](c2ccc3c(c2)ncn3C)OC(=O)CC(O)C(C)(C)C(=O)C(C)[C@@H](O)C(C)CCC1. The molecule has 0 radical (unpaired) electrons. The van der Waals surface area contributed by atoms with Gasteiger partial charge in [-0.3, -0.25) is 9.59 Å². The van der Waals surface area contributed by atoms with Gasteiger partial charge >= 0.3 is 5.97 Å². The average molecular weight is 485 g/mol. The van der Waals surface area contributed by atoms with Gasteiger partial charge in [0, 0.05) is 19.4 Å². The van der Waals surface area contributed by atoms with Crippen molar-refractivity contribution in [1.82, 2.24) is 9.55 Å². The first-order chi connectivity index (χ1) is 16.4. The molecule has 0 saturated heterocycles. The van der Waals surface area contributed by atoms with Gasteiger partial charge in [0.15, 0.2) is 0 Å². The molecule has 1 aliphatic rings. The number of rotatable bonds is 1. The van der Waals surface area contributed by atoms with E-state index in [-0.39, 0.29) is 18.1 Å². The van der Waals surface area contributed by atoms with Crippen LogP contribution in [0.5, 0.6) is 0 Å². The zero-order valence-corrected chi connectivity index (χ0v) is 21.8. The first kappa shape index (κ1) is 27.1. The highest BCUT2D eigenvalue weighted by Crippen LogP contribution is 2.33. The lowest BCUT2D eigenvalue weighted by Gasteiger charge is -2.34. The minimum atomic E-state index is -1.23. The maximum Gasteiger partial charge on any atom is 0.309 e. The number of allylic oxidation sites excluding steroid dienone is 1. The van der Waals surface area contributed by atoms with Crippen molar-refractivity contribution in [2.24, 2.45) is 24.3 Å². The molecule has 0 saturated carbocycles. The molecule has 3 rings (SSSR count). The zero-order valence-electron chi connectivity index (χ0n) is 21.8. The predicted molar refractivity (Wildman–Crippen MR) is 136 cm³/mol. The second kappa shape index (κ2) is 11.0. The molecule has 2 N–H and O–H groups in total. The number of Topliss-reactive ketones (excluding diaryl/α,β-unsaturated/α-hetero) is 1. The van der Waals surface area contributed by atoms with Gasteiger partial charge < -0.3 is 19.5 Å². The van der Waals surface area contributed by atoms with Gasteiger partial charge in [-0.15, -0.1) is 0 Å². The Balaban J connectivity index is 1.91. The van der Waals surface area contributed by atoms with Crippen LogP contribution in [0, 0.1) is 17.3 Å². The Labute approximate surface area is 208 Å². The maximum atomic E-state index is 13.2. The number of nitrogens with zero attached hydrogens (tertiary/aromatic N) is 2. The molecule has 192 valence electrons. The first-order valence-electron chi connectivity index (χ1n) is 12.6. The van der Waals surface area contributed by atoms with Crippen molar-refractivity contribution in [1.29, 1.82) is 0 Å². The summed E-state index contributed by atoms with van der Waals surface area (Å²) in [6.07, 6.45) is 4.04. The first-order valence-corrected chi connectivity index (χ1v) is 12.6. The molecule has 7 heteroatoms. The Morgan fingerprint density at radius 1 is 1.17 bits per heavy atom. The van der Waals surface area contributed by atoms with Crippen molar-refractivity contribution in [3.05, 3.63) is 41.7 Å². The normalized spacial score (nSPS) is 29.6. The third-order valence-corrected chi connectivity index (χ3v) is 7.64. The lowest BCUT2D eigenvalue weighted by atomic mass is 9.73. The summed E-state index contributed by atoms with van der Waals surface area (Å²) in [4.78, 5) is 30.6. The average Bonchev–Trinajstić information content (AvgIpc) is 3.19. The highest BCUT2D eigenvalue weighted by atomic mass is 16.5. The van der Waals surface area contributed by atoms with Crippen LogP contribution in [-0.4, -0.2) is 43.7 Å². The molecule has 0 amide bonds. The van der Waals surface area contributed by atoms with Gasteiger partial charge in [-0.25, -0.2) is 4.98 Å². The molecule has 2 heterocycles. The number of esters is 1. The number of ketones is 1. The van der Waals surface area contributed by atoms with E-state index < -0.39 is 35.6 Å². The number of hydrogen-bond donors (Lipinski definition) is 2. The van der Waals surface area contributed by atoms with Gasteiger partial charge in [0.2, 0.25) is 0 Å². The van der Waals surface area contributed by atoms with Crippen LogP contribution < -0.4 is 0 Å². The molecule has 7 nitrogen and oxygen atoms in total. The lowest BCUT2D eigenvalue weighted by molar-refractivity contribution is -0.155. The number of aliphatic hydroxyl groups excluding tert-OH is 2.